The van der Waals surface area contributed by atoms with Crippen LogP contribution in [-0.4, -0.2) is 79.4 Å². The van der Waals surface area contributed by atoms with E-state index in [9.17, 15) is 4.79 Å². The maximum atomic E-state index is 15.0. The van der Waals surface area contributed by atoms with E-state index in [1.807, 2.05) is 23.9 Å². The summed E-state index contributed by atoms with van der Waals surface area (Å²) in [5, 5.41) is 4.40. The summed E-state index contributed by atoms with van der Waals surface area (Å²) < 4.78 is 30.2. The number of furan rings is 1. The number of nitrogens with two attached hydrogens (primary N) is 1. The van der Waals surface area contributed by atoms with Crippen LogP contribution in [-0.2, 0) is 6.54 Å². The molecule has 0 amide bonds. The standard InChI is InChI=1S/C27H29FN8O3S2/c28-19-16-18(39-17-5-14-40-15-6-17)3-4-20(19)34-10-7-33(8-11-34)9-12-35-24-22(41-27(35)37)25-30-23(21-2-1-13-38-21)32-36(25)26(29)31-24/h1-4,13,16-17H,5-12,14-15H2,(H2,29,31). The normalized spacial score (nSPS) is 17.1. The van der Waals surface area contributed by atoms with Crippen molar-refractivity contribution in [3.8, 4) is 17.3 Å². The molecule has 2 aliphatic heterocycles. The third kappa shape index (κ3) is 5.15. The zero-order valence-electron chi connectivity index (χ0n) is 22.2. The van der Waals surface area contributed by atoms with Gasteiger partial charge in [-0.1, -0.05) is 11.3 Å². The number of hydrogen-bond donors (Lipinski definition) is 1. The Bertz CT molecular complexity index is 1740. The Morgan fingerprint density at radius 2 is 1.90 bits per heavy atom. The number of fused-ring (bicyclic) bond motifs is 3. The number of rotatable bonds is 7. The Balaban J connectivity index is 1.01. The summed E-state index contributed by atoms with van der Waals surface area (Å²) in [7, 11) is 0. The molecule has 0 bridgehead atoms. The molecule has 0 atom stereocenters. The first-order valence-corrected chi connectivity index (χ1v) is 15.6. The van der Waals surface area contributed by atoms with Crippen molar-refractivity contribution in [2.45, 2.75) is 25.5 Å². The zero-order valence-corrected chi connectivity index (χ0v) is 23.9. The van der Waals surface area contributed by atoms with Gasteiger partial charge in [0, 0.05) is 45.3 Å². The highest BCUT2D eigenvalue weighted by Crippen LogP contribution is 2.29. The Morgan fingerprint density at radius 1 is 1.07 bits per heavy atom. The zero-order chi connectivity index (χ0) is 27.9. The molecule has 2 saturated heterocycles. The number of thiazole rings is 1. The van der Waals surface area contributed by atoms with Crippen LogP contribution in [0.3, 0.4) is 0 Å². The minimum absolute atomic E-state index is 0.127. The van der Waals surface area contributed by atoms with Crippen molar-refractivity contribution in [1.82, 2.24) is 29.0 Å². The van der Waals surface area contributed by atoms with Gasteiger partial charge in [0.1, 0.15) is 22.4 Å². The minimum atomic E-state index is -0.254. The maximum absolute atomic E-state index is 15.0. The molecule has 4 aromatic heterocycles. The fourth-order valence-corrected chi connectivity index (χ4v) is 7.39. The molecular weight excluding hydrogens is 567 g/mol. The summed E-state index contributed by atoms with van der Waals surface area (Å²) in [6.07, 6.45) is 3.73. The van der Waals surface area contributed by atoms with Gasteiger partial charge in [0.05, 0.1) is 12.0 Å². The van der Waals surface area contributed by atoms with Gasteiger partial charge in [-0.2, -0.15) is 21.3 Å². The van der Waals surface area contributed by atoms with E-state index in [2.05, 4.69) is 24.9 Å². The summed E-state index contributed by atoms with van der Waals surface area (Å²) in [6, 6.07) is 8.74. The third-order valence-corrected chi connectivity index (χ3v) is 9.61. The lowest BCUT2D eigenvalue weighted by Gasteiger charge is -2.36. The lowest BCUT2D eigenvalue weighted by atomic mass is 10.2. The van der Waals surface area contributed by atoms with Crippen molar-refractivity contribution in [1.29, 1.82) is 0 Å². The van der Waals surface area contributed by atoms with Crippen LogP contribution in [0, 0.1) is 5.82 Å². The molecule has 0 saturated carbocycles. The first kappa shape index (κ1) is 26.3. The Labute approximate surface area is 242 Å². The van der Waals surface area contributed by atoms with Crippen LogP contribution in [0.25, 0.3) is 27.6 Å². The topological polar surface area (TPSA) is 120 Å². The number of nitrogens with zero attached hydrogens (tertiary/aromatic N) is 7. The van der Waals surface area contributed by atoms with E-state index in [1.165, 1.54) is 10.6 Å². The van der Waals surface area contributed by atoms with E-state index in [0.29, 0.717) is 65.2 Å². The van der Waals surface area contributed by atoms with Gasteiger partial charge in [-0.05, 0) is 48.6 Å². The summed E-state index contributed by atoms with van der Waals surface area (Å²) in [5.41, 5.74) is 7.77. The van der Waals surface area contributed by atoms with Crippen LogP contribution >= 0.6 is 23.1 Å². The molecule has 2 aliphatic rings. The monoisotopic (exact) mass is 596 g/mol. The number of aromatic nitrogens is 5. The predicted molar refractivity (Wildman–Crippen MR) is 159 cm³/mol. The van der Waals surface area contributed by atoms with Gasteiger partial charge in [-0.15, -0.1) is 5.10 Å². The van der Waals surface area contributed by atoms with Crippen molar-refractivity contribution in [2.75, 3.05) is 54.9 Å². The second kappa shape index (κ2) is 11.0. The number of halogens is 1. The molecule has 6 heterocycles. The number of ether oxygens (including phenoxy) is 1. The quantitative estimate of drug-likeness (QED) is 0.299. The number of thioether (sulfide) groups is 1. The minimum Gasteiger partial charge on any atom is -0.490 e. The average molecular weight is 597 g/mol. The lowest BCUT2D eigenvalue weighted by molar-refractivity contribution is 0.191. The fraction of sp³-hybridized carbons (Fsp3) is 0.407. The molecule has 214 valence electrons. The smallest absolute Gasteiger partial charge is 0.309 e. The number of piperazine rings is 1. The molecule has 0 radical (unpaired) electrons. The van der Waals surface area contributed by atoms with Crippen LogP contribution in [0.5, 0.6) is 5.75 Å². The fourth-order valence-electron chi connectivity index (χ4n) is 5.39. The lowest BCUT2D eigenvalue weighted by Crippen LogP contribution is -2.47. The molecule has 2 N–H and O–H groups in total. The van der Waals surface area contributed by atoms with E-state index < -0.39 is 0 Å². The molecule has 7 rings (SSSR count). The van der Waals surface area contributed by atoms with Gasteiger partial charge in [0.2, 0.25) is 11.8 Å². The van der Waals surface area contributed by atoms with Gasteiger partial charge >= 0.3 is 4.87 Å². The average Bonchev–Trinajstić information content (AvgIpc) is 3.73. The van der Waals surface area contributed by atoms with Crippen molar-refractivity contribution < 1.29 is 13.5 Å². The summed E-state index contributed by atoms with van der Waals surface area (Å²) in [4.78, 5) is 26.2. The van der Waals surface area contributed by atoms with E-state index >= 15 is 4.39 Å². The molecule has 14 heteroatoms. The van der Waals surface area contributed by atoms with Crippen LogP contribution in [0.1, 0.15) is 12.8 Å². The highest BCUT2D eigenvalue weighted by molar-refractivity contribution is 7.99. The number of hydrogen-bond acceptors (Lipinski definition) is 11. The second-order valence-corrected chi connectivity index (χ2v) is 12.3. The van der Waals surface area contributed by atoms with Gasteiger partial charge in [-0.3, -0.25) is 14.3 Å². The van der Waals surface area contributed by atoms with E-state index in [-0.39, 0.29) is 22.7 Å². The first-order valence-electron chi connectivity index (χ1n) is 13.6. The second-order valence-electron chi connectivity index (χ2n) is 10.2. The molecule has 1 aromatic carbocycles. The molecule has 5 aromatic rings. The summed E-state index contributed by atoms with van der Waals surface area (Å²) in [5.74, 6) is 3.57. The van der Waals surface area contributed by atoms with Gasteiger partial charge in [0.15, 0.2) is 17.1 Å². The van der Waals surface area contributed by atoms with Gasteiger partial charge < -0.3 is 19.8 Å². The summed E-state index contributed by atoms with van der Waals surface area (Å²) in [6.45, 7) is 4.01. The molecular formula is C27H29FN8O3S2. The van der Waals surface area contributed by atoms with Crippen LogP contribution in [0.4, 0.5) is 16.0 Å². The van der Waals surface area contributed by atoms with Crippen LogP contribution in [0.15, 0.2) is 45.8 Å². The van der Waals surface area contributed by atoms with Crippen molar-refractivity contribution in [2.24, 2.45) is 0 Å². The largest absolute Gasteiger partial charge is 0.490 e. The molecule has 0 aliphatic carbocycles. The Morgan fingerprint density at radius 3 is 2.66 bits per heavy atom. The van der Waals surface area contributed by atoms with E-state index in [4.69, 9.17) is 14.9 Å². The highest BCUT2D eigenvalue weighted by atomic mass is 32.2. The molecule has 2 fully saturated rings. The molecule has 11 nitrogen and oxygen atoms in total. The summed E-state index contributed by atoms with van der Waals surface area (Å²) >= 11 is 3.02. The Kier molecular flexibility index (Phi) is 7.04. The third-order valence-electron chi connectivity index (χ3n) is 7.60. The van der Waals surface area contributed by atoms with Crippen molar-refractivity contribution in [3.63, 3.8) is 0 Å². The molecule has 0 unspecified atom stereocenters. The predicted octanol–water partition coefficient (Wildman–Crippen LogP) is 3.58. The van der Waals surface area contributed by atoms with Crippen molar-refractivity contribution in [3.05, 3.63) is 52.1 Å². The van der Waals surface area contributed by atoms with Gasteiger partial charge in [0.25, 0.3) is 0 Å². The van der Waals surface area contributed by atoms with Gasteiger partial charge in [-0.25, -0.2) is 9.37 Å². The van der Waals surface area contributed by atoms with E-state index in [1.54, 1.807) is 23.0 Å². The number of anilines is 2. The van der Waals surface area contributed by atoms with E-state index in [0.717, 1.165) is 48.8 Å². The highest BCUT2D eigenvalue weighted by Gasteiger charge is 2.23. The first-order chi connectivity index (χ1) is 20.0. The molecule has 41 heavy (non-hydrogen) atoms. The number of benzene rings is 1. The van der Waals surface area contributed by atoms with Crippen LogP contribution < -0.4 is 20.2 Å². The Hall–Kier alpha value is -3.62. The van der Waals surface area contributed by atoms with Crippen LogP contribution in [0.2, 0.25) is 0 Å². The number of nitrogen functional groups attached to an aromatic ring is 1. The van der Waals surface area contributed by atoms with Crippen molar-refractivity contribution >= 4 is 50.7 Å². The SMILES string of the molecule is Nc1nc2c(sc(=O)n2CCN2CCN(c3ccc(OC4CCSCC4)cc3F)CC2)c2nc(-c3ccco3)nn12. The molecule has 0 spiro atoms. The maximum Gasteiger partial charge on any atom is 0.309 e.